The Bertz CT molecular complexity index is 260. The second-order valence-electron chi connectivity index (χ2n) is 4.33. The Hall–Kier alpha value is -1.10. The normalized spacial score (nSPS) is 19.5. The van der Waals surface area contributed by atoms with E-state index in [0.29, 0.717) is 0 Å². The van der Waals surface area contributed by atoms with Gasteiger partial charge in [-0.2, -0.15) is 0 Å². The van der Waals surface area contributed by atoms with Crippen LogP contribution in [0.15, 0.2) is 0 Å². The summed E-state index contributed by atoms with van der Waals surface area (Å²) in [5.74, 6) is -0.645. The van der Waals surface area contributed by atoms with E-state index >= 15 is 0 Å². The van der Waals surface area contributed by atoms with Crippen molar-refractivity contribution in [3.8, 4) is 0 Å². The van der Waals surface area contributed by atoms with Gasteiger partial charge in [0.25, 0.3) is 0 Å². The van der Waals surface area contributed by atoms with Crippen molar-refractivity contribution in [1.82, 2.24) is 9.80 Å². The van der Waals surface area contributed by atoms with Crippen molar-refractivity contribution in [3.05, 3.63) is 0 Å². The van der Waals surface area contributed by atoms with Gasteiger partial charge in [-0.05, 0) is 6.54 Å². The van der Waals surface area contributed by atoms with Crippen molar-refractivity contribution in [2.24, 2.45) is 11.7 Å². The zero-order valence-corrected chi connectivity index (χ0v) is 10.1. The smallest absolute Gasteiger partial charge is 0.226 e. The summed E-state index contributed by atoms with van der Waals surface area (Å²) in [7, 11) is 0. The number of likely N-dealkylation sites (N-methyl/N-ethyl adjacent to an activating group) is 1. The largest absolute Gasteiger partial charge is 0.370 e. The lowest BCUT2D eigenvalue weighted by atomic mass is 10.1. The maximum absolute atomic E-state index is 11.9. The van der Waals surface area contributed by atoms with Gasteiger partial charge in [-0.3, -0.25) is 9.59 Å². The monoisotopic (exact) mass is 227 g/mol. The van der Waals surface area contributed by atoms with Crippen LogP contribution >= 0.6 is 0 Å². The molecule has 5 nitrogen and oxygen atoms in total. The van der Waals surface area contributed by atoms with Crippen molar-refractivity contribution in [2.45, 2.75) is 20.3 Å². The van der Waals surface area contributed by atoms with Gasteiger partial charge >= 0.3 is 0 Å². The maximum Gasteiger partial charge on any atom is 0.226 e. The van der Waals surface area contributed by atoms with Crippen LogP contribution in [-0.2, 0) is 9.59 Å². The van der Waals surface area contributed by atoms with E-state index in [9.17, 15) is 9.59 Å². The SMILES string of the molecule is CCN1CCN(C(=O)C(C)CC(N)=O)CC1. The number of amides is 2. The average Bonchev–Trinajstić information content (AvgIpc) is 2.27. The summed E-state index contributed by atoms with van der Waals surface area (Å²) in [6.45, 7) is 8.27. The molecule has 16 heavy (non-hydrogen) atoms. The van der Waals surface area contributed by atoms with Crippen LogP contribution in [-0.4, -0.2) is 54.3 Å². The molecule has 92 valence electrons. The molecule has 0 spiro atoms. The van der Waals surface area contributed by atoms with Crippen molar-refractivity contribution >= 4 is 11.8 Å². The zero-order chi connectivity index (χ0) is 12.1. The first kappa shape index (κ1) is 13.0. The van der Waals surface area contributed by atoms with Gasteiger partial charge in [-0.25, -0.2) is 0 Å². The van der Waals surface area contributed by atoms with E-state index in [2.05, 4.69) is 11.8 Å². The lowest BCUT2D eigenvalue weighted by molar-refractivity contribution is -0.138. The maximum atomic E-state index is 11.9. The molecule has 1 heterocycles. The van der Waals surface area contributed by atoms with Crippen molar-refractivity contribution in [2.75, 3.05) is 32.7 Å². The summed E-state index contributed by atoms with van der Waals surface area (Å²) in [5.41, 5.74) is 5.09. The number of carbonyl (C=O) groups is 2. The van der Waals surface area contributed by atoms with Crippen molar-refractivity contribution in [3.63, 3.8) is 0 Å². The predicted octanol–water partition coefficient (Wildman–Crippen LogP) is -0.338. The highest BCUT2D eigenvalue weighted by molar-refractivity contribution is 5.84. The first-order valence-electron chi connectivity index (χ1n) is 5.84. The molecule has 0 bridgehead atoms. The van der Waals surface area contributed by atoms with E-state index in [1.165, 1.54) is 0 Å². The van der Waals surface area contributed by atoms with E-state index in [1.54, 1.807) is 6.92 Å². The lowest BCUT2D eigenvalue weighted by Crippen LogP contribution is -2.50. The van der Waals surface area contributed by atoms with Gasteiger partial charge in [0.05, 0.1) is 0 Å². The Morgan fingerprint density at radius 2 is 1.81 bits per heavy atom. The molecule has 0 aromatic rings. The number of nitrogens with zero attached hydrogens (tertiary/aromatic N) is 2. The molecule has 1 atom stereocenters. The van der Waals surface area contributed by atoms with Gasteiger partial charge in [0.1, 0.15) is 0 Å². The highest BCUT2D eigenvalue weighted by Crippen LogP contribution is 2.10. The third-order valence-electron chi connectivity index (χ3n) is 3.06. The third kappa shape index (κ3) is 3.48. The first-order chi connectivity index (χ1) is 7.54. The zero-order valence-electron chi connectivity index (χ0n) is 10.1. The molecule has 1 rings (SSSR count). The predicted molar refractivity (Wildman–Crippen MR) is 61.7 cm³/mol. The van der Waals surface area contributed by atoms with Gasteiger partial charge in [0.15, 0.2) is 0 Å². The van der Waals surface area contributed by atoms with E-state index < -0.39 is 5.91 Å². The molecule has 0 saturated carbocycles. The van der Waals surface area contributed by atoms with Gasteiger partial charge < -0.3 is 15.5 Å². The fraction of sp³-hybridized carbons (Fsp3) is 0.818. The van der Waals surface area contributed by atoms with E-state index in [0.717, 1.165) is 32.7 Å². The lowest BCUT2D eigenvalue weighted by Gasteiger charge is -2.35. The van der Waals surface area contributed by atoms with Crippen LogP contribution in [0.2, 0.25) is 0 Å². The number of hydrogen-bond acceptors (Lipinski definition) is 3. The number of piperazine rings is 1. The van der Waals surface area contributed by atoms with Crippen LogP contribution in [0.25, 0.3) is 0 Å². The molecule has 0 aliphatic carbocycles. The van der Waals surface area contributed by atoms with Gasteiger partial charge in [0, 0.05) is 38.5 Å². The van der Waals surface area contributed by atoms with Crippen molar-refractivity contribution in [1.29, 1.82) is 0 Å². The third-order valence-corrected chi connectivity index (χ3v) is 3.06. The fourth-order valence-corrected chi connectivity index (χ4v) is 1.99. The van der Waals surface area contributed by atoms with Crippen LogP contribution in [0.4, 0.5) is 0 Å². The topological polar surface area (TPSA) is 66.6 Å². The minimum atomic E-state index is -0.409. The quantitative estimate of drug-likeness (QED) is 0.714. The average molecular weight is 227 g/mol. The minimum Gasteiger partial charge on any atom is -0.370 e. The molecular weight excluding hydrogens is 206 g/mol. The minimum absolute atomic E-state index is 0.0505. The van der Waals surface area contributed by atoms with Crippen LogP contribution in [0.1, 0.15) is 20.3 Å². The summed E-state index contributed by atoms with van der Waals surface area (Å²) in [6.07, 6.45) is 0.146. The summed E-state index contributed by atoms with van der Waals surface area (Å²) in [5, 5.41) is 0. The molecule has 2 amide bonds. The molecule has 1 unspecified atom stereocenters. The standard InChI is InChI=1S/C11H21N3O2/c1-3-13-4-6-14(7-5-13)11(16)9(2)8-10(12)15/h9H,3-8H2,1-2H3,(H2,12,15). The Kier molecular flexibility index (Phi) is 4.73. The number of hydrogen-bond donors (Lipinski definition) is 1. The second kappa shape index (κ2) is 5.84. The highest BCUT2D eigenvalue weighted by atomic mass is 16.2. The summed E-state index contributed by atoms with van der Waals surface area (Å²) < 4.78 is 0. The molecule has 0 aromatic heterocycles. The summed E-state index contributed by atoms with van der Waals surface area (Å²) >= 11 is 0. The molecule has 5 heteroatoms. The second-order valence-corrected chi connectivity index (χ2v) is 4.33. The molecule has 1 fully saturated rings. The molecule has 0 radical (unpaired) electrons. The van der Waals surface area contributed by atoms with E-state index in [-0.39, 0.29) is 18.2 Å². The molecular formula is C11H21N3O2. The van der Waals surface area contributed by atoms with Crippen LogP contribution in [0, 0.1) is 5.92 Å². The van der Waals surface area contributed by atoms with Crippen LogP contribution in [0.5, 0.6) is 0 Å². The number of primary amides is 1. The molecule has 1 aliphatic heterocycles. The van der Waals surface area contributed by atoms with Crippen LogP contribution in [0.3, 0.4) is 0 Å². The Labute approximate surface area is 96.6 Å². The van der Waals surface area contributed by atoms with E-state index in [1.807, 2.05) is 4.90 Å². The Balaban J connectivity index is 2.40. The van der Waals surface area contributed by atoms with Crippen molar-refractivity contribution < 1.29 is 9.59 Å². The summed E-state index contributed by atoms with van der Waals surface area (Å²) in [6, 6.07) is 0. The number of carbonyl (C=O) groups excluding carboxylic acids is 2. The fourth-order valence-electron chi connectivity index (χ4n) is 1.99. The van der Waals surface area contributed by atoms with E-state index in [4.69, 9.17) is 5.73 Å². The number of rotatable bonds is 4. The summed E-state index contributed by atoms with van der Waals surface area (Å²) in [4.78, 5) is 26.8. The molecule has 2 N–H and O–H groups in total. The van der Waals surface area contributed by atoms with Gasteiger partial charge in [-0.15, -0.1) is 0 Å². The van der Waals surface area contributed by atoms with Gasteiger partial charge in [0.2, 0.25) is 11.8 Å². The van der Waals surface area contributed by atoms with Crippen LogP contribution < -0.4 is 5.73 Å². The Morgan fingerprint density at radius 1 is 1.25 bits per heavy atom. The number of nitrogens with two attached hydrogens (primary N) is 1. The highest BCUT2D eigenvalue weighted by Gasteiger charge is 2.24. The Morgan fingerprint density at radius 3 is 2.25 bits per heavy atom. The molecule has 1 aliphatic rings. The molecule has 1 saturated heterocycles. The van der Waals surface area contributed by atoms with Gasteiger partial charge in [-0.1, -0.05) is 13.8 Å². The molecule has 0 aromatic carbocycles. The first-order valence-corrected chi connectivity index (χ1v) is 5.84.